The number of nitrogens with zero attached hydrogens (tertiary/aromatic N) is 4. The number of anilines is 2. The molecule has 0 radical (unpaired) electrons. The molecule has 1 aromatic heterocycles. The van der Waals surface area contributed by atoms with E-state index in [-0.39, 0.29) is 5.91 Å². The highest BCUT2D eigenvalue weighted by molar-refractivity contribution is 5.99. The van der Waals surface area contributed by atoms with Gasteiger partial charge < -0.3 is 15.5 Å². The molecular weight excluding hydrogens is 266 g/mol. The average Bonchev–Trinajstić information content (AvgIpc) is 2.56. The topological polar surface area (TPSA) is 75.4 Å². The van der Waals surface area contributed by atoms with Crippen molar-refractivity contribution >= 4 is 17.4 Å². The number of amides is 1. The third kappa shape index (κ3) is 2.79. The zero-order chi connectivity index (χ0) is 14.7. The molecule has 1 saturated heterocycles. The molecule has 1 amide bonds. The first kappa shape index (κ1) is 13.4. The number of rotatable bonds is 2. The predicted molar refractivity (Wildman–Crippen MR) is 81.0 cm³/mol. The summed E-state index contributed by atoms with van der Waals surface area (Å²) in [4.78, 5) is 24.8. The summed E-state index contributed by atoms with van der Waals surface area (Å²) in [7, 11) is 0. The van der Waals surface area contributed by atoms with Crippen LogP contribution < -0.4 is 10.6 Å². The maximum atomic E-state index is 12.5. The fourth-order valence-corrected chi connectivity index (χ4v) is 2.46. The second kappa shape index (κ2) is 5.78. The molecule has 1 fully saturated rings. The van der Waals surface area contributed by atoms with E-state index in [4.69, 9.17) is 5.73 Å². The highest BCUT2D eigenvalue weighted by Crippen LogP contribution is 2.17. The monoisotopic (exact) mass is 283 g/mol. The van der Waals surface area contributed by atoms with Crippen LogP contribution in [0.5, 0.6) is 0 Å². The lowest BCUT2D eigenvalue weighted by Crippen LogP contribution is -2.49. The number of benzene rings is 1. The summed E-state index contributed by atoms with van der Waals surface area (Å²) in [5, 5.41) is 0. The van der Waals surface area contributed by atoms with Crippen LogP contribution in [0.4, 0.5) is 11.5 Å². The van der Waals surface area contributed by atoms with E-state index < -0.39 is 0 Å². The molecule has 1 aliphatic rings. The van der Waals surface area contributed by atoms with Gasteiger partial charge in [-0.1, -0.05) is 12.1 Å². The number of nitrogen functional groups attached to an aromatic ring is 1. The maximum absolute atomic E-state index is 12.5. The molecule has 2 aromatic rings. The summed E-state index contributed by atoms with van der Waals surface area (Å²) in [6.45, 7) is 2.81. The average molecular weight is 283 g/mol. The molecule has 3 rings (SSSR count). The van der Waals surface area contributed by atoms with Crippen LogP contribution in [0, 0.1) is 0 Å². The summed E-state index contributed by atoms with van der Waals surface area (Å²) in [5.74, 6) is 0.843. The fraction of sp³-hybridized carbons (Fsp3) is 0.267. The van der Waals surface area contributed by atoms with Gasteiger partial charge in [0.2, 0.25) is 0 Å². The van der Waals surface area contributed by atoms with Crippen molar-refractivity contribution in [2.24, 2.45) is 0 Å². The van der Waals surface area contributed by atoms with Crippen molar-refractivity contribution in [3.63, 3.8) is 0 Å². The third-order valence-corrected chi connectivity index (χ3v) is 3.63. The molecule has 6 heteroatoms. The standard InChI is InChI=1S/C15H17N5O/c16-13-4-2-1-3-12(13)15(21)20-9-7-19(8-10-20)14-11-17-5-6-18-14/h1-6,11H,7-10,16H2. The molecule has 2 heterocycles. The van der Waals surface area contributed by atoms with E-state index in [1.165, 1.54) is 0 Å². The summed E-state index contributed by atoms with van der Waals surface area (Å²) in [6, 6.07) is 7.19. The lowest BCUT2D eigenvalue weighted by atomic mass is 10.1. The molecule has 21 heavy (non-hydrogen) atoms. The Labute approximate surface area is 123 Å². The fourth-order valence-electron chi connectivity index (χ4n) is 2.46. The number of aromatic nitrogens is 2. The zero-order valence-corrected chi connectivity index (χ0v) is 11.6. The minimum absolute atomic E-state index is 0.00750. The number of carbonyl (C=O) groups excluding carboxylic acids is 1. The van der Waals surface area contributed by atoms with Gasteiger partial charge in [-0.05, 0) is 12.1 Å². The molecule has 6 nitrogen and oxygen atoms in total. The van der Waals surface area contributed by atoms with E-state index in [0.29, 0.717) is 24.3 Å². The first-order chi connectivity index (χ1) is 10.3. The SMILES string of the molecule is Nc1ccccc1C(=O)N1CCN(c2cnccn2)CC1. The van der Waals surface area contributed by atoms with Crippen LogP contribution in [-0.2, 0) is 0 Å². The van der Waals surface area contributed by atoms with Crippen LogP contribution in [0.3, 0.4) is 0 Å². The largest absolute Gasteiger partial charge is 0.398 e. The highest BCUT2D eigenvalue weighted by Gasteiger charge is 2.23. The Morgan fingerprint density at radius 3 is 2.52 bits per heavy atom. The van der Waals surface area contributed by atoms with Crippen LogP contribution in [0.25, 0.3) is 0 Å². The molecule has 0 saturated carbocycles. The van der Waals surface area contributed by atoms with Crippen LogP contribution in [0.2, 0.25) is 0 Å². The van der Waals surface area contributed by atoms with Gasteiger partial charge in [-0.3, -0.25) is 9.78 Å². The molecule has 1 aromatic carbocycles. The zero-order valence-electron chi connectivity index (χ0n) is 11.6. The second-order valence-corrected chi connectivity index (χ2v) is 4.93. The quantitative estimate of drug-likeness (QED) is 0.833. The first-order valence-electron chi connectivity index (χ1n) is 6.90. The van der Waals surface area contributed by atoms with Gasteiger partial charge in [0.1, 0.15) is 5.82 Å². The Balaban J connectivity index is 1.66. The summed E-state index contributed by atoms with van der Waals surface area (Å²) >= 11 is 0. The van der Waals surface area contributed by atoms with E-state index in [1.807, 2.05) is 17.0 Å². The van der Waals surface area contributed by atoms with Crippen molar-refractivity contribution in [1.82, 2.24) is 14.9 Å². The number of hydrogen-bond donors (Lipinski definition) is 1. The Morgan fingerprint density at radius 1 is 1.10 bits per heavy atom. The van der Waals surface area contributed by atoms with E-state index >= 15 is 0 Å². The minimum atomic E-state index is -0.00750. The van der Waals surface area contributed by atoms with Crippen molar-refractivity contribution in [2.75, 3.05) is 36.8 Å². The number of carbonyl (C=O) groups is 1. The van der Waals surface area contributed by atoms with Crippen molar-refractivity contribution in [1.29, 1.82) is 0 Å². The van der Waals surface area contributed by atoms with Crippen LogP contribution in [0.15, 0.2) is 42.9 Å². The van der Waals surface area contributed by atoms with Gasteiger partial charge in [0.15, 0.2) is 0 Å². The van der Waals surface area contributed by atoms with Crippen molar-refractivity contribution in [3.8, 4) is 0 Å². The summed E-state index contributed by atoms with van der Waals surface area (Å²) in [5.41, 5.74) is 6.97. The molecule has 0 bridgehead atoms. The molecule has 108 valence electrons. The first-order valence-corrected chi connectivity index (χ1v) is 6.90. The van der Waals surface area contributed by atoms with Gasteiger partial charge in [-0.15, -0.1) is 0 Å². The molecule has 1 aliphatic heterocycles. The van der Waals surface area contributed by atoms with Gasteiger partial charge in [0, 0.05) is 44.3 Å². The minimum Gasteiger partial charge on any atom is -0.398 e. The van der Waals surface area contributed by atoms with Crippen LogP contribution in [-0.4, -0.2) is 47.0 Å². The summed E-state index contributed by atoms with van der Waals surface area (Å²) < 4.78 is 0. The normalized spacial score (nSPS) is 15.0. The Bertz CT molecular complexity index is 623. The molecule has 0 atom stereocenters. The Morgan fingerprint density at radius 2 is 1.86 bits per heavy atom. The second-order valence-electron chi connectivity index (χ2n) is 4.93. The maximum Gasteiger partial charge on any atom is 0.256 e. The van der Waals surface area contributed by atoms with Crippen molar-refractivity contribution < 1.29 is 4.79 Å². The molecule has 2 N–H and O–H groups in total. The van der Waals surface area contributed by atoms with E-state index in [0.717, 1.165) is 18.9 Å². The lowest BCUT2D eigenvalue weighted by molar-refractivity contribution is 0.0747. The lowest BCUT2D eigenvalue weighted by Gasteiger charge is -2.35. The molecule has 0 spiro atoms. The van der Waals surface area contributed by atoms with Crippen molar-refractivity contribution in [2.45, 2.75) is 0 Å². The highest BCUT2D eigenvalue weighted by atomic mass is 16.2. The van der Waals surface area contributed by atoms with E-state index in [2.05, 4.69) is 14.9 Å². The number of para-hydroxylation sites is 1. The van der Waals surface area contributed by atoms with Gasteiger partial charge >= 0.3 is 0 Å². The molecular formula is C15H17N5O. The number of piperazine rings is 1. The van der Waals surface area contributed by atoms with Crippen LogP contribution >= 0.6 is 0 Å². The predicted octanol–water partition coefficient (Wildman–Crippen LogP) is 1.02. The smallest absolute Gasteiger partial charge is 0.256 e. The third-order valence-electron chi connectivity index (χ3n) is 3.63. The number of nitrogens with two attached hydrogens (primary N) is 1. The van der Waals surface area contributed by atoms with Gasteiger partial charge in [0.25, 0.3) is 5.91 Å². The van der Waals surface area contributed by atoms with Gasteiger partial charge in [0.05, 0.1) is 11.8 Å². The Kier molecular flexibility index (Phi) is 3.68. The van der Waals surface area contributed by atoms with Crippen molar-refractivity contribution in [3.05, 3.63) is 48.4 Å². The molecule has 0 unspecified atom stereocenters. The van der Waals surface area contributed by atoms with E-state index in [9.17, 15) is 4.79 Å². The van der Waals surface area contributed by atoms with Gasteiger partial charge in [-0.2, -0.15) is 0 Å². The van der Waals surface area contributed by atoms with E-state index in [1.54, 1.807) is 30.7 Å². The Hall–Kier alpha value is -2.63. The number of hydrogen-bond acceptors (Lipinski definition) is 5. The van der Waals surface area contributed by atoms with Crippen LogP contribution in [0.1, 0.15) is 10.4 Å². The molecule has 0 aliphatic carbocycles. The van der Waals surface area contributed by atoms with Gasteiger partial charge in [-0.25, -0.2) is 4.98 Å². The summed E-state index contributed by atoms with van der Waals surface area (Å²) in [6.07, 6.45) is 5.08.